The number of hydrogen-bond donors (Lipinski definition) is 1. The Balaban J connectivity index is 3.38. The van der Waals surface area contributed by atoms with E-state index in [4.69, 9.17) is 5.21 Å². The Hall–Kier alpha value is -2.91. The van der Waals surface area contributed by atoms with E-state index >= 15 is 0 Å². The van der Waals surface area contributed by atoms with Crippen molar-refractivity contribution in [3.63, 3.8) is 0 Å². The SMILES string of the molecule is C=NN(/C(=C/C=C\CC)CF)/C(=C/C=C(/C=N\O)C(=O)N1CCCCC1)C(F)(F)F. The second kappa shape index (κ2) is 12.6. The first-order chi connectivity index (χ1) is 14.3. The van der Waals surface area contributed by atoms with Crippen molar-refractivity contribution in [1.29, 1.82) is 0 Å². The van der Waals surface area contributed by atoms with Crippen molar-refractivity contribution in [2.45, 2.75) is 38.8 Å². The van der Waals surface area contributed by atoms with Gasteiger partial charge in [0.1, 0.15) is 12.4 Å². The molecule has 0 spiro atoms. The normalized spacial score (nSPS) is 17.1. The number of carbonyl (C=O) groups is 1. The predicted octanol–water partition coefficient (Wildman–Crippen LogP) is 4.57. The number of hydrazone groups is 1. The molecule has 1 fully saturated rings. The Morgan fingerprint density at radius 1 is 1.20 bits per heavy atom. The number of likely N-dealkylation sites (tertiary alicyclic amines) is 1. The van der Waals surface area contributed by atoms with Crippen LogP contribution in [-0.4, -0.2) is 59.9 Å². The summed E-state index contributed by atoms with van der Waals surface area (Å²) in [5.41, 5.74) is -1.98. The molecule has 1 saturated heterocycles. The van der Waals surface area contributed by atoms with Crippen LogP contribution < -0.4 is 0 Å². The van der Waals surface area contributed by atoms with Crippen LogP contribution in [0, 0.1) is 0 Å². The molecule has 1 rings (SSSR count). The number of halogens is 4. The molecule has 1 aliphatic rings. The van der Waals surface area contributed by atoms with Crippen LogP contribution in [0.2, 0.25) is 0 Å². The van der Waals surface area contributed by atoms with E-state index in [0.29, 0.717) is 30.6 Å². The highest BCUT2D eigenvalue weighted by Crippen LogP contribution is 2.31. The average molecular weight is 430 g/mol. The highest BCUT2D eigenvalue weighted by atomic mass is 19.4. The number of allylic oxidation sites excluding steroid dienone is 7. The van der Waals surface area contributed by atoms with Crippen LogP contribution in [0.1, 0.15) is 32.6 Å². The number of piperidine rings is 1. The number of nitrogens with zero attached hydrogens (tertiary/aromatic N) is 4. The highest BCUT2D eigenvalue weighted by Gasteiger charge is 2.39. The summed E-state index contributed by atoms with van der Waals surface area (Å²) in [7, 11) is 0. The Bertz CT molecular complexity index is 734. The number of alkyl halides is 4. The van der Waals surface area contributed by atoms with E-state index < -0.39 is 24.5 Å². The number of hydrogen-bond acceptors (Lipinski definition) is 5. The van der Waals surface area contributed by atoms with Crippen LogP contribution in [0.15, 0.2) is 57.6 Å². The molecular formula is C20H26F4N4O2. The molecule has 0 bridgehead atoms. The molecule has 166 valence electrons. The van der Waals surface area contributed by atoms with E-state index in [9.17, 15) is 22.4 Å². The van der Waals surface area contributed by atoms with Gasteiger partial charge in [0.05, 0.1) is 17.5 Å². The van der Waals surface area contributed by atoms with Gasteiger partial charge < -0.3 is 10.1 Å². The van der Waals surface area contributed by atoms with Crippen LogP contribution in [0.5, 0.6) is 0 Å². The maximum atomic E-state index is 13.7. The van der Waals surface area contributed by atoms with E-state index in [-0.39, 0.29) is 11.3 Å². The lowest BCUT2D eigenvalue weighted by atomic mass is 10.1. The van der Waals surface area contributed by atoms with E-state index in [2.05, 4.69) is 17.0 Å². The minimum absolute atomic E-state index is 0.248. The molecule has 1 amide bonds. The average Bonchev–Trinajstić information content (AvgIpc) is 2.73. The van der Waals surface area contributed by atoms with E-state index in [1.165, 1.54) is 11.0 Å². The summed E-state index contributed by atoms with van der Waals surface area (Å²) in [6, 6.07) is 0. The first-order valence-electron chi connectivity index (χ1n) is 9.44. The smallest absolute Gasteiger partial charge is 0.411 e. The molecular weight excluding hydrogens is 404 g/mol. The number of amides is 1. The largest absolute Gasteiger partial charge is 0.433 e. The topological polar surface area (TPSA) is 68.5 Å². The van der Waals surface area contributed by atoms with Gasteiger partial charge in [0, 0.05) is 19.8 Å². The standard InChI is InChI=1S/C20H26F4N4O2/c1-3-4-6-9-17(14-21)28(25-2)18(20(22,23)24)11-10-16(15-26-30)19(29)27-12-7-5-8-13-27/h4,6,9-11,15,30H,2-3,5,7-8,12-14H2,1H3/b6-4-,16-10-,17-9+,18-11+,26-15-. The van der Waals surface area contributed by atoms with Crippen molar-refractivity contribution >= 4 is 18.8 Å². The summed E-state index contributed by atoms with van der Waals surface area (Å²) < 4.78 is 54.4. The molecule has 1 aliphatic heterocycles. The van der Waals surface area contributed by atoms with Gasteiger partial charge in [-0.2, -0.15) is 18.3 Å². The Labute approximate surface area is 173 Å². The molecule has 0 unspecified atom stereocenters. The molecule has 10 heteroatoms. The van der Waals surface area contributed by atoms with E-state index in [0.717, 1.165) is 37.6 Å². The molecule has 0 radical (unpaired) electrons. The van der Waals surface area contributed by atoms with Gasteiger partial charge in [0.15, 0.2) is 0 Å². The monoisotopic (exact) mass is 430 g/mol. The fraction of sp³-hybridized carbons (Fsp3) is 0.450. The highest BCUT2D eigenvalue weighted by molar-refractivity contribution is 6.12. The Morgan fingerprint density at radius 3 is 2.37 bits per heavy atom. The molecule has 0 atom stereocenters. The number of rotatable bonds is 9. The quantitative estimate of drug-likeness (QED) is 0.146. The van der Waals surface area contributed by atoms with Gasteiger partial charge in [-0.3, -0.25) is 4.79 Å². The molecule has 1 N–H and O–H groups in total. The third-order valence-electron chi connectivity index (χ3n) is 4.24. The first kappa shape index (κ1) is 25.1. The van der Waals surface area contributed by atoms with Crippen LogP contribution in [0.3, 0.4) is 0 Å². The summed E-state index contributed by atoms with van der Waals surface area (Å²) in [6.45, 7) is 4.63. The van der Waals surface area contributed by atoms with Crippen LogP contribution in [0.4, 0.5) is 17.6 Å². The van der Waals surface area contributed by atoms with Gasteiger partial charge in [0.2, 0.25) is 0 Å². The Kier molecular flexibility index (Phi) is 10.6. The van der Waals surface area contributed by atoms with E-state index in [1.807, 2.05) is 6.92 Å². The minimum atomic E-state index is -4.92. The van der Waals surface area contributed by atoms with Gasteiger partial charge in [0.25, 0.3) is 5.91 Å². The third-order valence-corrected chi connectivity index (χ3v) is 4.24. The van der Waals surface area contributed by atoms with Crippen molar-refractivity contribution in [1.82, 2.24) is 9.91 Å². The van der Waals surface area contributed by atoms with E-state index in [1.54, 1.807) is 6.08 Å². The zero-order valence-electron chi connectivity index (χ0n) is 16.8. The maximum Gasteiger partial charge on any atom is 0.433 e. The summed E-state index contributed by atoms with van der Waals surface area (Å²) in [6.07, 6.45) is 4.66. The second-order valence-electron chi connectivity index (χ2n) is 6.35. The molecule has 0 aliphatic carbocycles. The number of oxime groups is 1. The van der Waals surface area contributed by atoms with Gasteiger partial charge in [-0.25, -0.2) is 9.40 Å². The molecule has 0 aromatic carbocycles. The van der Waals surface area contributed by atoms with Crippen molar-refractivity contribution < 1.29 is 27.6 Å². The third kappa shape index (κ3) is 7.49. The molecule has 6 nitrogen and oxygen atoms in total. The van der Waals surface area contributed by atoms with Gasteiger partial charge in [-0.05, 0) is 43.9 Å². The summed E-state index contributed by atoms with van der Waals surface area (Å²) in [5, 5.41) is 15.2. The molecule has 0 saturated carbocycles. The zero-order chi connectivity index (χ0) is 22.6. The van der Waals surface area contributed by atoms with Crippen LogP contribution in [-0.2, 0) is 4.79 Å². The van der Waals surface area contributed by atoms with Gasteiger partial charge >= 0.3 is 6.18 Å². The Morgan fingerprint density at radius 2 is 1.87 bits per heavy atom. The minimum Gasteiger partial charge on any atom is -0.411 e. The second-order valence-corrected chi connectivity index (χ2v) is 6.35. The van der Waals surface area contributed by atoms with Crippen molar-refractivity contribution in [3.8, 4) is 0 Å². The summed E-state index contributed by atoms with van der Waals surface area (Å²) in [4.78, 5) is 14.0. The van der Waals surface area contributed by atoms with Crippen molar-refractivity contribution in [3.05, 3.63) is 47.3 Å². The van der Waals surface area contributed by atoms with Crippen molar-refractivity contribution in [2.75, 3.05) is 19.8 Å². The molecule has 1 heterocycles. The fourth-order valence-electron chi connectivity index (χ4n) is 2.77. The van der Waals surface area contributed by atoms with Gasteiger partial charge in [-0.15, -0.1) is 0 Å². The molecule has 0 aromatic rings. The first-order valence-corrected chi connectivity index (χ1v) is 9.44. The molecule has 30 heavy (non-hydrogen) atoms. The van der Waals surface area contributed by atoms with Crippen molar-refractivity contribution in [2.24, 2.45) is 10.3 Å². The van der Waals surface area contributed by atoms with Crippen LogP contribution in [0.25, 0.3) is 0 Å². The lowest BCUT2D eigenvalue weighted by molar-refractivity contribution is -0.127. The zero-order valence-corrected chi connectivity index (χ0v) is 16.8. The lowest BCUT2D eigenvalue weighted by Crippen LogP contribution is -2.36. The lowest BCUT2D eigenvalue weighted by Gasteiger charge is -2.27. The number of carbonyl (C=O) groups excluding carboxylic acids is 1. The summed E-state index contributed by atoms with van der Waals surface area (Å²) >= 11 is 0. The van der Waals surface area contributed by atoms with Crippen LogP contribution >= 0.6 is 0 Å². The predicted molar refractivity (Wildman–Crippen MR) is 108 cm³/mol. The summed E-state index contributed by atoms with van der Waals surface area (Å²) in [5.74, 6) is -0.560. The maximum absolute atomic E-state index is 13.7. The molecule has 0 aromatic heterocycles. The fourth-order valence-corrected chi connectivity index (χ4v) is 2.77. The van der Waals surface area contributed by atoms with Gasteiger partial charge in [-0.1, -0.05) is 24.2 Å².